The Bertz CT molecular complexity index is 822. The van der Waals surface area contributed by atoms with Gasteiger partial charge in [0.25, 0.3) is 0 Å². The molecule has 0 radical (unpaired) electrons. The van der Waals surface area contributed by atoms with Crippen molar-refractivity contribution >= 4 is 29.1 Å². The number of ether oxygens (including phenoxy) is 1. The van der Waals surface area contributed by atoms with E-state index in [9.17, 15) is 0 Å². The Kier molecular flexibility index (Phi) is 6.28. The lowest BCUT2D eigenvalue weighted by molar-refractivity contribution is 0.306. The summed E-state index contributed by atoms with van der Waals surface area (Å²) in [6.45, 7) is 3.46. The first-order chi connectivity index (χ1) is 12.7. The Morgan fingerprint density at radius 3 is 2.50 bits per heavy atom. The van der Waals surface area contributed by atoms with Gasteiger partial charge in [-0.25, -0.2) is 4.98 Å². The van der Waals surface area contributed by atoms with Crippen LogP contribution in [0.3, 0.4) is 0 Å². The Hall–Kier alpha value is -2.79. The Balaban J connectivity index is 1.56. The number of halogens is 1. The lowest BCUT2D eigenvalue weighted by Gasteiger charge is -2.10. The SMILES string of the molecule is CCCNc1nccc(Nc2ccc(OCc3ccc(Cl)cc3)cc2)n1. The zero-order chi connectivity index (χ0) is 18.2. The molecule has 0 saturated carbocycles. The first-order valence-corrected chi connectivity index (χ1v) is 8.92. The summed E-state index contributed by atoms with van der Waals surface area (Å²) in [6.07, 6.45) is 2.76. The van der Waals surface area contributed by atoms with E-state index in [1.165, 1.54) is 0 Å². The van der Waals surface area contributed by atoms with Crippen molar-refractivity contribution in [2.75, 3.05) is 17.2 Å². The van der Waals surface area contributed by atoms with Crippen molar-refractivity contribution in [1.82, 2.24) is 9.97 Å². The first-order valence-electron chi connectivity index (χ1n) is 8.54. The molecule has 0 unspecified atom stereocenters. The van der Waals surface area contributed by atoms with Crippen molar-refractivity contribution in [3.63, 3.8) is 0 Å². The maximum atomic E-state index is 5.89. The molecule has 0 aliphatic rings. The Labute approximate surface area is 158 Å². The quantitative estimate of drug-likeness (QED) is 0.566. The van der Waals surface area contributed by atoms with Gasteiger partial charge in [0.05, 0.1) is 0 Å². The number of benzene rings is 2. The number of rotatable bonds is 8. The van der Waals surface area contributed by atoms with Gasteiger partial charge in [0.15, 0.2) is 0 Å². The second-order valence-electron chi connectivity index (χ2n) is 5.76. The largest absolute Gasteiger partial charge is 0.489 e. The van der Waals surface area contributed by atoms with E-state index in [4.69, 9.17) is 16.3 Å². The zero-order valence-corrected chi connectivity index (χ0v) is 15.3. The average molecular weight is 369 g/mol. The number of aromatic nitrogens is 2. The highest BCUT2D eigenvalue weighted by molar-refractivity contribution is 6.30. The standard InChI is InChI=1S/C20H21ClN4O/c1-2-12-22-20-23-13-11-19(25-20)24-17-7-9-18(10-8-17)26-14-15-3-5-16(21)6-4-15/h3-11,13H,2,12,14H2,1H3,(H2,22,23,24,25). The topological polar surface area (TPSA) is 59.1 Å². The number of hydrogen-bond donors (Lipinski definition) is 2. The summed E-state index contributed by atoms with van der Waals surface area (Å²) < 4.78 is 5.79. The van der Waals surface area contributed by atoms with Gasteiger partial charge in [-0.05, 0) is 54.4 Å². The monoisotopic (exact) mass is 368 g/mol. The molecule has 0 fully saturated rings. The van der Waals surface area contributed by atoms with Gasteiger partial charge in [0.1, 0.15) is 18.2 Å². The normalized spacial score (nSPS) is 10.4. The minimum atomic E-state index is 0.502. The second kappa shape index (κ2) is 9.06. The lowest BCUT2D eigenvalue weighted by atomic mass is 10.2. The number of hydrogen-bond acceptors (Lipinski definition) is 5. The van der Waals surface area contributed by atoms with Crippen LogP contribution in [-0.4, -0.2) is 16.5 Å². The van der Waals surface area contributed by atoms with Crippen molar-refractivity contribution in [3.05, 3.63) is 71.4 Å². The van der Waals surface area contributed by atoms with E-state index in [2.05, 4.69) is 27.5 Å². The summed E-state index contributed by atoms with van der Waals surface area (Å²) in [4.78, 5) is 8.64. The second-order valence-corrected chi connectivity index (χ2v) is 6.19. The van der Waals surface area contributed by atoms with Crippen molar-refractivity contribution in [2.45, 2.75) is 20.0 Å². The fourth-order valence-electron chi connectivity index (χ4n) is 2.28. The van der Waals surface area contributed by atoms with Crippen molar-refractivity contribution in [2.24, 2.45) is 0 Å². The lowest BCUT2D eigenvalue weighted by Crippen LogP contribution is -2.05. The van der Waals surface area contributed by atoms with Gasteiger partial charge in [0, 0.05) is 23.5 Å². The molecule has 3 aromatic rings. The molecule has 3 rings (SSSR count). The minimum absolute atomic E-state index is 0.502. The van der Waals surface area contributed by atoms with Gasteiger partial charge in [0.2, 0.25) is 5.95 Å². The van der Waals surface area contributed by atoms with Gasteiger partial charge in [-0.15, -0.1) is 0 Å². The highest BCUT2D eigenvalue weighted by Crippen LogP contribution is 2.20. The van der Waals surface area contributed by atoms with Crippen LogP contribution in [0.1, 0.15) is 18.9 Å². The highest BCUT2D eigenvalue weighted by atomic mass is 35.5. The molecule has 2 N–H and O–H groups in total. The maximum Gasteiger partial charge on any atom is 0.224 e. The van der Waals surface area contributed by atoms with Crippen LogP contribution in [0.2, 0.25) is 5.02 Å². The highest BCUT2D eigenvalue weighted by Gasteiger charge is 2.01. The molecule has 1 heterocycles. The van der Waals surface area contributed by atoms with Crippen LogP contribution in [-0.2, 0) is 6.61 Å². The van der Waals surface area contributed by atoms with Crippen LogP contribution < -0.4 is 15.4 Å². The molecule has 0 amide bonds. The fraction of sp³-hybridized carbons (Fsp3) is 0.200. The van der Waals surface area contributed by atoms with E-state index >= 15 is 0 Å². The molecule has 134 valence electrons. The van der Waals surface area contributed by atoms with E-state index < -0.39 is 0 Å². The molecule has 2 aromatic carbocycles. The third-order valence-corrected chi connectivity index (χ3v) is 3.89. The predicted molar refractivity (Wildman–Crippen MR) is 106 cm³/mol. The van der Waals surface area contributed by atoms with Gasteiger partial charge in [-0.2, -0.15) is 4.98 Å². The van der Waals surface area contributed by atoms with Crippen LogP contribution in [0.25, 0.3) is 0 Å². The molecular weight excluding hydrogens is 348 g/mol. The van der Waals surface area contributed by atoms with E-state index in [1.54, 1.807) is 6.20 Å². The van der Waals surface area contributed by atoms with Crippen molar-refractivity contribution < 1.29 is 4.74 Å². The molecule has 0 atom stereocenters. The van der Waals surface area contributed by atoms with Crippen LogP contribution in [0.15, 0.2) is 60.8 Å². The predicted octanol–water partition coefficient (Wildman–Crippen LogP) is 5.27. The molecule has 0 spiro atoms. The Morgan fingerprint density at radius 1 is 1.00 bits per heavy atom. The van der Waals surface area contributed by atoms with Gasteiger partial charge < -0.3 is 15.4 Å². The Morgan fingerprint density at radius 2 is 1.77 bits per heavy atom. The van der Waals surface area contributed by atoms with Gasteiger partial charge in [-0.1, -0.05) is 30.7 Å². The smallest absolute Gasteiger partial charge is 0.224 e. The summed E-state index contributed by atoms with van der Waals surface area (Å²) in [5.41, 5.74) is 2.01. The van der Waals surface area contributed by atoms with Crippen LogP contribution in [0.4, 0.5) is 17.5 Å². The molecule has 6 heteroatoms. The van der Waals surface area contributed by atoms with E-state index in [0.717, 1.165) is 40.8 Å². The first kappa shape index (κ1) is 18.0. The maximum absolute atomic E-state index is 5.89. The number of anilines is 3. The molecule has 0 bridgehead atoms. The summed E-state index contributed by atoms with van der Waals surface area (Å²) in [5.74, 6) is 2.17. The van der Waals surface area contributed by atoms with Crippen molar-refractivity contribution in [3.8, 4) is 5.75 Å². The molecule has 0 aliphatic carbocycles. The average Bonchev–Trinajstić information content (AvgIpc) is 2.67. The van der Waals surface area contributed by atoms with Crippen LogP contribution in [0, 0.1) is 0 Å². The minimum Gasteiger partial charge on any atom is -0.489 e. The van der Waals surface area contributed by atoms with Crippen molar-refractivity contribution in [1.29, 1.82) is 0 Å². The molecule has 1 aromatic heterocycles. The summed E-state index contributed by atoms with van der Waals surface area (Å²) in [6, 6.07) is 17.2. The van der Waals surface area contributed by atoms with E-state index in [1.807, 2.05) is 54.6 Å². The molecule has 0 aliphatic heterocycles. The molecular formula is C20H21ClN4O. The fourth-order valence-corrected chi connectivity index (χ4v) is 2.41. The zero-order valence-electron chi connectivity index (χ0n) is 14.6. The summed E-state index contributed by atoms with van der Waals surface area (Å²) in [5, 5.41) is 7.17. The van der Waals surface area contributed by atoms with Gasteiger partial charge in [-0.3, -0.25) is 0 Å². The summed E-state index contributed by atoms with van der Waals surface area (Å²) >= 11 is 5.89. The molecule has 5 nitrogen and oxygen atoms in total. The van der Waals surface area contributed by atoms with E-state index in [-0.39, 0.29) is 0 Å². The third kappa shape index (κ3) is 5.36. The number of nitrogens with zero attached hydrogens (tertiary/aromatic N) is 2. The number of nitrogens with one attached hydrogen (secondary N) is 2. The third-order valence-electron chi connectivity index (χ3n) is 3.63. The molecule has 26 heavy (non-hydrogen) atoms. The van der Waals surface area contributed by atoms with E-state index in [0.29, 0.717) is 12.6 Å². The van der Waals surface area contributed by atoms with Gasteiger partial charge >= 0.3 is 0 Å². The van der Waals surface area contributed by atoms with Crippen LogP contribution >= 0.6 is 11.6 Å². The molecule has 0 saturated heterocycles. The summed E-state index contributed by atoms with van der Waals surface area (Å²) in [7, 11) is 0. The van der Waals surface area contributed by atoms with Crippen LogP contribution in [0.5, 0.6) is 5.75 Å².